The monoisotopic (exact) mass is 293 g/mol. The molecule has 1 aromatic carbocycles. The van der Waals surface area contributed by atoms with Crippen molar-refractivity contribution < 1.29 is 13.5 Å². The number of nitrogens with zero attached hydrogens (tertiary/aromatic N) is 2. The van der Waals surface area contributed by atoms with E-state index < -0.39 is 11.6 Å². The molecule has 0 bridgehead atoms. The van der Waals surface area contributed by atoms with Gasteiger partial charge in [-0.05, 0) is 38.0 Å². The van der Waals surface area contributed by atoms with Crippen LogP contribution in [-0.2, 0) is 6.42 Å². The number of hydrogen-bond donors (Lipinski definition) is 1. The molecule has 0 radical (unpaired) electrons. The van der Waals surface area contributed by atoms with Crippen LogP contribution in [-0.4, -0.2) is 22.6 Å². The molecule has 2 rings (SSSR count). The van der Waals surface area contributed by atoms with Crippen molar-refractivity contribution in [3.63, 3.8) is 0 Å². The summed E-state index contributed by atoms with van der Waals surface area (Å²) in [4.78, 5) is 8.25. The van der Waals surface area contributed by atoms with Crippen LogP contribution < -0.4 is 10.1 Å². The average Bonchev–Trinajstić information content (AvgIpc) is 2.37. The van der Waals surface area contributed by atoms with Crippen molar-refractivity contribution in [2.75, 3.05) is 11.9 Å². The molecular formula is C15H17F2N3O. The molecule has 4 nitrogen and oxygen atoms in total. The number of nitrogens with one attached hydrogen (secondary N) is 1. The topological polar surface area (TPSA) is 47.0 Å². The van der Waals surface area contributed by atoms with Gasteiger partial charge in [-0.2, -0.15) is 4.98 Å². The molecule has 1 N–H and O–H groups in total. The highest BCUT2D eigenvalue weighted by molar-refractivity contribution is 5.28. The summed E-state index contributed by atoms with van der Waals surface area (Å²) in [5.74, 6) is -0.244. The average molecular weight is 293 g/mol. The number of benzene rings is 1. The van der Waals surface area contributed by atoms with Gasteiger partial charge in [0.25, 0.3) is 0 Å². The van der Waals surface area contributed by atoms with E-state index in [0.29, 0.717) is 30.4 Å². The van der Waals surface area contributed by atoms with Gasteiger partial charge in [0.15, 0.2) is 0 Å². The molecule has 1 heterocycles. The molecule has 0 unspecified atom stereocenters. The third-order valence-corrected chi connectivity index (χ3v) is 2.61. The smallest absolute Gasteiger partial charge is 0.225 e. The van der Waals surface area contributed by atoms with Gasteiger partial charge in [0.2, 0.25) is 11.8 Å². The standard InChI is InChI=1S/C15H17F2N3O/c1-10(2)21-14-4-6-19-15(20-14)18-5-3-11-7-12(16)9-13(17)8-11/h4,6-10H,3,5H2,1-2H3,(H,18,19,20). The molecule has 0 saturated carbocycles. The van der Waals surface area contributed by atoms with Gasteiger partial charge in [-0.15, -0.1) is 0 Å². The Morgan fingerprint density at radius 2 is 1.90 bits per heavy atom. The fourth-order valence-corrected chi connectivity index (χ4v) is 1.81. The van der Waals surface area contributed by atoms with Gasteiger partial charge in [-0.25, -0.2) is 13.8 Å². The van der Waals surface area contributed by atoms with E-state index in [1.54, 1.807) is 12.3 Å². The third kappa shape index (κ3) is 4.98. The van der Waals surface area contributed by atoms with E-state index in [0.717, 1.165) is 6.07 Å². The zero-order chi connectivity index (χ0) is 15.2. The van der Waals surface area contributed by atoms with Crippen LogP contribution in [0.2, 0.25) is 0 Å². The minimum absolute atomic E-state index is 0.0306. The quantitative estimate of drug-likeness (QED) is 0.888. The van der Waals surface area contributed by atoms with Crippen LogP contribution in [0.3, 0.4) is 0 Å². The number of hydrogen-bond acceptors (Lipinski definition) is 4. The first-order valence-electron chi connectivity index (χ1n) is 6.71. The normalized spacial score (nSPS) is 10.7. The van der Waals surface area contributed by atoms with Crippen molar-refractivity contribution in [2.45, 2.75) is 26.4 Å². The van der Waals surface area contributed by atoms with Crippen LogP contribution in [0.25, 0.3) is 0 Å². The highest BCUT2D eigenvalue weighted by Crippen LogP contribution is 2.11. The van der Waals surface area contributed by atoms with Gasteiger partial charge in [0.1, 0.15) is 11.6 Å². The van der Waals surface area contributed by atoms with Crippen molar-refractivity contribution in [3.05, 3.63) is 47.7 Å². The molecule has 0 aliphatic carbocycles. The molecule has 0 saturated heterocycles. The molecule has 0 amide bonds. The number of aromatic nitrogens is 2. The van der Waals surface area contributed by atoms with Crippen LogP contribution >= 0.6 is 0 Å². The molecule has 2 aromatic rings. The number of rotatable bonds is 6. The maximum absolute atomic E-state index is 13.1. The Labute approximate surface area is 122 Å². The summed E-state index contributed by atoms with van der Waals surface area (Å²) in [6, 6.07) is 5.15. The van der Waals surface area contributed by atoms with E-state index in [9.17, 15) is 8.78 Å². The van der Waals surface area contributed by atoms with Crippen LogP contribution in [0.15, 0.2) is 30.5 Å². The van der Waals surface area contributed by atoms with Crippen LogP contribution in [0, 0.1) is 11.6 Å². The van der Waals surface area contributed by atoms with Crippen molar-refractivity contribution >= 4 is 5.95 Å². The third-order valence-electron chi connectivity index (χ3n) is 2.61. The highest BCUT2D eigenvalue weighted by atomic mass is 19.1. The zero-order valence-corrected chi connectivity index (χ0v) is 11.9. The van der Waals surface area contributed by atoms with Gasteiger partial charge < -0.3 is 10.1 Å². The zero-order valence-electron chi connectivity index (χ0n) is 11.9. The first-order valence-corrected chi connectivity index (χ1v) is 6.71. The van der Waals surface area contributed by atoms with E-state index >= 15 is 0 Å². The number of ether oxygens (including phenoxy) is 1. The van der Waals surface area contributed by atoms with E-state index in [1.165, 1.54) is 12.1 Å². The van der Waals surface area contributed by atoms with Crippen molar-refractivity contribution in [1.82, 2.24) is 9.97 Å². The summed E-state index contributed by atoms with van der Waals surface area (Å²) in [5.41, 5.74) is 0.578. The largest absolute Gasteiger partial charge is 0.475 e. The Kier molecular flexibility index (Phi) is 5.03. The molecule has 21 heavy (non-hydrogen) atoms. The van der Waals surface area contributed by atoms with Crippen LogP contribution in [0.1, 0.15) is 19.4 Å². The summed E-state index contributed by atoms with van der Waals surface area (Å²) in [5, 5.41) is 3.00. The molecule has 112 valence electrons. The van der Waals surface area contributed by atoms with E-state index in [1.807, 2.05) is 13.8 Å². The maximum Gasteiger partial charge on any atom is 0.225 e. The van der Waals surface area contributed by atoms with Crippen molar-refractivity contribution in [3.8, 4) is 5.88 Å². The molecule has 6 heteroatoms. The lowest BCUT2D eigenvalue weighted by Crippen LogP contribution is -2.11. The molecule has 0 aliphatic rings. The van der Waals surface area contributed by atoms with E-state index in [-0.39, 0.29) is 6.10 Å². The lowest BCUT2D eigenvalue weighted by atomic mass is 10.1. The predicted octanol–water partition coefficient (Wildman–Crippen LogP) is 3.20. The Balaban J connectivity index is 1.91. The van der Waals surface area contributed by atoms with Gasteiger partial charge in [0, 0.05) is 24.9 Å². The Bertz CT molecular complexity index is 585. The Morgan fingerprint density at radius 1 is 1.19 bits per heavy atom. The lowest BCUT2D eigenvalue weighted by molar-refractivity contribution is 0.232. The van der Waals surface area contributed by atoms with Crippen LogP contribution in [0.5, 0.6) is 5.88 Å². The predicted molar refractivity (Wildman–Crippen MR) is 76.3 cm³/mol. The number of halogens is 2. The maximum atomic E-state index is 13.1. The second-order valence-corrected chi connectivity index (χ2v) is 4.84. The van der Waals surface area contributed by atoms with Gasteiger partial charge >= 0.3 is 0 Å². The van der Waals surface area contributed by atoms with E-state index in [2.05, 4.69) is 15.3 Å². The summed E-state index contributed by atoms with van der Waals surface area (Å²) >= 11 is 0. The summed E-state index contributed by atoms with van der Waals surface area (Å²) in [6.07, 6.45) is 2.09. The first kappa shape index (κ1) is 15.2. The molecule has 0 aliphatic heterocycles. The summed E-state index contributed by atoms with van der Waals surface area (Å²) in [6.45, 7) is 4.29. The van der Waals surface area contributed by atoms with Crippen molar-refractivity contribution in [1.29, 1.82) is 0 Å². The molecule has 0 fully saturated rings. The van der Waals surface area contributed by atoms with E-state index in [4.69, 9.17) is 4.74 Å². The number of anilines is 1. The fourth-order valence-electron chi connectivity index (χ4n) is 1.81. The Morgan fingerprint density at radius 3 is 2.57 bits per heavy atom. The Hall–Kier alpha value is -2.24. The minimum atomic E-state index is -0.575. The van der Waals surface area contributed by atoms with Gasteiger partial charge in [-0.1, -0.05) is 0 Å². The lowest BCUT2D eigenvalue weighted by Gasteiger charge is -2.10. The first-order chi connectivity index (χ1) is 10.0. The fraction of sp³-hybridized carbons (Fsp3) is 0.333. The van der Waals surface area contributed by atoms with Crippen LogP contribution in [0.4, 0.5) is 14.7 Å². The summed E-state index contributed by atoms with van der Waals surface area (Å²) in [7, 11) is 0. The summed E-state index contributed by atoms with van der Waals surface area (Å²) < 4.78 is 31.6. The van der Waals surface area contributed by atoms with Crippen molar-refractivity contribution in [2.24, 2.45) is 0 Å². The SMILES string of the molecule is CC(C)Oc1ccnc(NCCc2cc(F)cc(F)c2)n1. The van der Waals surface area contributed by atoms with Gasteiger partial charge in [-0.3, -0.25) is 0 Å². The molecule has 1 aromatic heterocycles. The highest BCUT2D eigenvalue weighted by Gasteiger charge is 2.03. The second-order valence-electron chi connectivity index (χ2n) is 4.84. The molecule has 0 spiro atoms. The molecular weight excluding hydrogens is 276 g/mol. The second kappa shape index (κ2) is 6.97. The van der Waals surface area contributed by atoms with Gasteiger partial charge in [0.05, 0.1) is 6.10 Å². The minimum Gasteiger partial charge on any atom is -0.475 e. The molecule has 0 atom stereocenters.